The normalized spacial score (nSPS) is 15.2. The van der Waals surface area contributed by atoms with Gasteiger partial charge in [0.2, 0.25) is 0 Å². The molecule has 0 radical (unpaired) electrons. The summed E-state index contributed by atoms with van der Waals surface area (Å²) in [6, 6.07) is 11.0. The summed E-state index contributed by atoms with van der Waals surface area (Å²) in [6.45, 7) is 0.816. The van der Waals surface area contributed by atoms with Crippen LogP contribution in [-0.4, -0.2) is 52.1 Å². The van der Waals surface area contributed by atoms with Gasteiger partial charge in [-0.2, -0.15) is 0 Å². The molecule has 0 aliphatic carbocycles. The minimum absolute atomic E-state index is 0.113. The van der Waals surface area contributed by atoms with Crippen molar-refractivity contribution in [3.63, 3.8) is 0 Å². The molecule has 1 amide bonds. The number of para-hydroxylation sites is 2. The average Bonchev–Trinajstić information content (AvgIpc) is 2.74. The molecule has 0 saturated carbocycles. The van der Waals surface area contributed by atoms with Crippen LogP contribution in [0, 0.1) is 0 Å². The van der Waals surface area contributed by atoms with Crippen molar-refractivity contribution in [3.05, 3.63) is 66.9 Å². The Hall–Kier alpha value is -3.48. The summed E-state index contributed by atoms with van der Waals surface area (Å²) in [6.07, 6.45) is 6.17. The minimum Gasteiger partial charge on any atom is -0.486 e. The molecule has 7 heteroatoms. The van der Waals surface area contributed by atoms with Crippen molar-refractivity contribution in [1.29, 1.82) is 0 Å². The predicted octanol–water partition coefficient (Wildman–Crippen LogP) is 2.45. The first-order valence-electron chi connectivity index (χ1n) is 8.56. The van der Waals surface area contributed by atoms with Gasteiger partial charge >= 0.3 is 0 Å². The zero-order valence-corrected chi connectivity index (χ0v) is 14.8. The Bertz CT molecular complexity index is 949. The van der Waals surface area contributed by atoms with Gasteiger partial charge in [0.25, 0.3) is 5.91 Å². The van der Waals surface area contributed by atoms with Gasteiger partial charge in [-0.25, -0.2) is 9.97 Å². The molecule has 7 nitrogen and oxygen atoms in total. The largest absolute Gasteiger partial charge is 0.486 e. The lowest BCUT2D eigenvalue weighted by atomic mass is 10.1. The second kappa shape index (κ2) is 7.41. The smallest absolute Gasteiger partial charge is 0.253 e. The maximum atomic E-state index is 12.8. The molecule has 1 aromatic carbocycles. The van der Waals surface area contributed by atoms with Gasteiger partial charge in [0.15, 0.2) is 17.6 Å². The van der Waals surface area contributed by atoms with Crippen LogP contribution in [0.2, 0.25) is 0 Å². The summed E-state index contributed by atoms with van der Waals surface area (Å²) < 4.78 is 11.6. The van der Waals surface area contributed by atoms with E-state index in [1.165, 1.54) is 6.33 Å². The maximum absolute atomic E-state index is 12.8. The number of carbonyl (C=O) groups is 1. The lowest BCUT2D eigenvalue weighted by molar-refractivity contribution is 0.0521. The second-order valence-electron chi connectivity index (χ2n) is 6.24. The molecule has 136 valence electrons. The van der Waals surface area contributed by atoms with E-state index < -0.39 is 0 Å². The molecule has 4 rings (SSSR count). The summed E-state index contributed by atoms with van der Waals surface area (Å²) in [5.41, 5.74) is 1.96. The highest BCUT2D eigenvalue weighted by Gasteiger charge is 2.24. The molecular weight excluding hydrogens is 344 g/mol. The van der Waals surface area contributed by atoms with E-state index in [1.807, 2.05) is 24.3 Å². The highest BCUT2D eigenvalue weighted by Crippen LogP contribution is 2.31. The number of nitrogens with zero attached hydrogens (tertiary/aromatic N) is 4. The number of amides is 1. The van der Waals surface area contributed by atoms with Gasteiger partial charge in [0.05, 0.1) is 12.2 Å². The Morgan fingerprint density at radius 2 is 1.96 bits per heavy atom. The van der Waals surface area contributed by atoms with Crippen LogP contribution in [-0.2, 0) is 0 Å². The van der Waals surface area contributed by atoms with Gasteiger partial charge in [-0.3, -0.25) is 9.78 Å². The van der Waals surface area contributed by atoms with Gasteiger partial charge in [0, 0.05) is 36.8 Å². The van der Waals surface area contributed by atoms with Crippen molar-refractivity contribution in [3.8, 4) is 22.8 Å². The number of pyridine rings is 1. The zero-order valence-electron chi connectivity index (χ0n) is 14.8. The van der Waals surface area contributed by atoms with Crippen LogP contribution in [0.1, 0.15) is 10.4 Å². The summed E-state index contributed by atoms with van der Waals surface area (Å²) in [5, 5.41) is 0. The molecule has 0 saturated heterocycles. The lowest BCUT2D eigenvalue weighted by Crippen LogP contribution is -2.41. The summed E-state index contributed by atoms with van der Waals surface area (Å²) in [5.74, 6) is 1.31. The van der Waals surface area contributed by atoms with E-state index >= 15 is 0 Å². The second-order valence-corrected chi connectivity index (χ2v) is 6.24. The minimum atomic E-state index is -0.224. The van der Waals surface area contributed by atoms with Gasteiger partial charge < -0.3 is 14.4 Å². The summed E-state index contributed by atoms with van der Waals surface area (Å²) in [4.78, 5) is 26.7. The molecule has 2 aromatic heterocycles. The van der Waals surface area contributed by atoms with Crippen molar-refractivity contribution in [1.82, 2.24) is 19.9 Å². The van der Waals surface area contributed by atoms with E-state index in [1.54, 1.807) is 42.7 Å². The van der Waals surface area contributed by atoms with Crippen molar-refractivity contribution in [2.24, 2.45) is 0 Å². The first kappa shape index (κ1) is 17.0. The van der Waals surface area contributed by atoms with Crippen molar-refractivity contribution >= 4 is 5.91 Å². The third-order valence-electron chi connectivity index (χ3n) is 4.25. The fourth-order valence-corrected chi connectivity index (χ4v) is 2.91. The van der Waals surface area contributed by atoms with Gasteiger partial charge in [-0.1, -0.05) is 12.1 Å². The van der Waals surface area contributed by atoms with Gasteiger partial charge in [0.1, 0.15) is 12.9 Å². The fraction of sp³-hybridized carbons (Fsp3) is 0.200. The Morgan fingerprint density at radius 3 is 2.78 bits per heavy atom. The number of aromatic nitrogens is 3. The number of rotatable bonds is 4. The average molecular weight is 362 g/mol. The molecule has 1 atom stereocenters. The van der Waals surface area contributed by atoms with Crippen LogP contribution >= 0.6 is 0 Å². The van der Waals surface area contributed by atoms with E-state index in [4.69, 9.17) is 9.47 Å². The molecule has 0 bridgehead atoms. The van der Waals surface area contributed by atoms with Crippen LogP contribution in [0.15, 0.2) is 61.3 Å². The molecule has 1 aliphatic rings. The molecule has 1 aliphatic heterocycles. The molecular formula is C20H18N4O3. The van der Waals surface area contributed by atoms with Gasteiger partial charge in [-0.15, -0.1) is 0 Å². The van der Waals surface area contributed by atoms with Crippen molar-refractivity contribution in [2.45, 2.75) is 6.10 Å². The Kier molecular flexibility index (Phi) is 4.65. The quantitative estimate of drug-likeness (QED) is 0.709. The molecule has 27 heavy (non-hydrogen) atoms. The number of carbonyl (C=O) groups excluding carboxylic acids is 1. The SMILES string of the molecule is CN(C[C@@H]1COc2ccccc2O1)C(=O)c1ccnc(-c2cncnc2)c1. The van der Waals surface area contributed by atoms with E-state index in [0.29, 0.717) is 30.2 Å². The number of benzene rings is 1. The van der Waals surface area contributed by atoms with Crippen LogP contribution in [0.5, 0.6) is 11.5 Å². The van der Waals surface area contributed by atoms with Gasteiger partial charge in [-0.05, 0) is 24.3 Å². The molecule has 3 heterocycles. The van der Waals surface area contributed by atoms with Crippen LogP contribution in [0.3, 0.4) is 0 Å². The Morgan fingerprint density at radius 1 is 1.19 bits per heavy atom. The number of hydrogen-bond acceptors (Lipinski definition) is 6. The van der Waals surface area contributed by atoms with E-state index in [0.717, 1.165) is 11.3 Å². The number of fused-ring (bicyclic) bond motifs is 1. The number of hydrogen-bond donors (Lipinski definition) is 0. The van der Waals surface area contributed by atoms with Crippen LogP contribution in [0.4, 0.5) is 0 Å². The molecule has 0 fully saturated rings. The van der Waals surface area contributed by atoms with E-state index in [2.05, 4.69) is 15.0 Å². The molecule has 0 spiro atoms. The summed E-state index contributed by atoms with van der Waals surface area (Å²) >= 11 is 0. The zero-order chi connectivity index (χ0) is 18.6. The predicted molar refractivity (Wildman–Crippen MR) is 98.6 cm³/mol. The Labute approximate surface area is 156 Å². The first-order chi connectivity index (χ1) is 13.2. The lowest BCUT2D eigenvalue weighted by Gasteiger charge is -2.29. The number of likely N-dealkylation sites (N-methyl/N-ethyl adjacent to an activating group) is 1. The third kappa shape index (κ3) is 3.72. The van der Waals surface area contributed by atoms with E-state index in [-0.39, 0.29) is 12.0 Å². The first-order valence-corrected chi connectivity index (χ1v) is 8.56. The molecule has 0 unspecified atom stereocenters. The fourth-order valence-electron chi connectivity index (χ4n) is 2.91. The number of ether oxygens (including phenoxy) is 2. The topological polar surface area (TPSA) is 77.4 Å². The van der Waals surface area contributed by atoms with Crippen molar-refractivity contribution in [2.75, 3.05) is 20.2 Å². The highest BCUT2D eigenvalue weighted by atomic mass is 16.6. The molecule has 3 aromatic rings. The maximum Gasteiger partial charge on any atom is 0.253 e. The highest BCUT2D eigenvalue weighted by molar-refractivity contribution is 5.94. The third-order valence-corrected chi connectivity index (χ3v) is 4.25. The van der Waals surface area contributed by atoms with Crippen LogP contribution < -0.4 is 9.47 Å². The van der Waals surface area contributed by atoms with E-state index in [9.17, 15) is 4.79 Å². The van der Waals surface area contributed by atoms with Crippen LogP contribution in [0.25, 0.3) is 11.3 Å². The standard InChI is InChI=1S/C20H18N4O3/c1-24(11-16-12-26-18-4-2-3-5-19(18)27-16)20(25)14-6-7-23-17(8-14)15-9-21-13-22-10-15/h2-10,13,16H,11-12H2,1H3/t16-/m1/s1. The van der Waals surface area contributed by atoms with Crippen molar-refractivity contribution < 1.29 is 14.3 Å². The monoisotopic (exact) mass is 362 g/mol. The Balaban J connectivity index is 1.45. The summed E-state index contributed by atoms with van der Waals surface area (Å²) in [7, 11) is 1.75. The molecule has 0 N–H and O–H groups in total.